The second-order valence-corrected chi connectivity index (χ2v) is 4.17. The van der Waals surface area contributed by atoms with Crippen LogP contribution in [-0.4, -0.2) is 21.6 Å². The maximum absolute atomic E-state index is 5.60. The molecule has 17 heavy (non-hydrogen) atoms. The molecule has 0 saturated carbocycles. The number of benzene rings is 1. The minimum atomic E-state index is 0.244. The normalized spacial score (nSPS) is 17.8. The first-order chi connectivity index (χ1) is 8.33. The molecule has 1 aromatic carbocycles. The molecule has 0 fully saturated rings. The molecule has 1 unspecified atom stereocenters. The highest BCUT2D eigenvalue weighted by Gasteiger charge is 2.22. The van der Waals surface area contributed by atoms with Crippen LogP contribution in [0.4, 0.5) is 0 Å². The summed E-state index contributed by atoms with van der Waals surface area (Å²) in [6.45, 7) is 1.38. The smallest absolute Gasteiger partial charge is 0.124 e. The van der Waals surface area contributed by atoms with Crippen molar-refractivity contribution in [3.05, 3.63) is 41.7 Å². The van der Waals surface area contributed by atoms with E-state index in [-0.39, 0.29) is 6.04 Å². The lowest BCUT2D eigenvalue weighted by atomic mass is 10.1. The van der Waals surface area contributed by atoms with Crippen LogP contribution < -0.4 is 10.1 Å². The summed E-state index contributed by atoms with van der Waals surface area (Å²) in [7, 11) is 1.87. The van der Waals surface area contributed by atoms with Crippen LogP contribution in [0.2, 0.25) is 0 Å². The van der Waals surface area contributed by atoms with Gasteiger partial charge in [0.25, 0.3) is 0 Å². The van der Waals surface area contributed by atoms with Crippen molar-refractivity contribution in [3.63, 3.8) is 0 Å². The van der Waals surface area contributed by atoms with Crippen molar-refractivity contribution in [2.75, 3.05) is 6.61 Å². The van der Waals surface area contributed by atoms with Gasteiger partial charge in [-0.15, -0.1) is 5.10 Å². The largest absolute Gasteiger partial charge is 0.491 e. The highest BCUT2D eigenvalue weighted by atomic mass is 16.5. The summed E-state index contributed by atoms with van der Waals surface area (Å²) < 4.78 is 7.31. The van der Waals surface area contributed by atoms with Gasteiger partial charge in [0.05, 0.1) is 11.7 Å². The van der Waals surface area contributed by atoms with E-state index < -0.39 is 0 Å². The number of hydrogen-bond donors (Lipinski definition) is 1. The Balaban J connectivity index is 1.68. The lowest BCUT2D eigenvalue weighted by Gasteiger charge is -2.09. The Hall–Kier alpha value is -1.88. The van der Waals surface area contributed by atoms with Crippen LogP contribution in [0.3, 0.4) is 0 Å². The molecule has 0 spiro atoms. The lowest BCUT2D eigenvalue weighted by molar-refractivity contribution is 0.310. The summed E-state index contributed by atoms with van der Waals surface area (Å²) in [4.78, 5) is 0. The number of nitrogens with zero attached hydrogens (tertiary/aromatic N) is 3. The number of fused-ring (bicyclic) bond motifs is 1. The van der Waals surface area contributed by atoms with Crippen molar-refractivity contribution >= 4 is 0 Å². The molecule has 1 aliphatic heterocycles. The van der Waals surface area contributed by atoms with Crippen molar-refractivity contribution in [2.45, 2.75) is 12.6 Å². The van der Waals surface area contributed by atoms with E-state index in [1.807, 2.05) is 31.4 Å². The molecule has 5 heteroatoms. The third-order valence-electron chi connectivity index (χ3n) is 2.88. The fourth-order valence-electron chi connectivity index (χ4n) is 2.04. The molecule has 1 N–H and O–H groups in total. The molecule has 0 radical (unpaired) electrons. The fourth-order valence-corrected chi connectivity index (χ4v) is 2.04. The van der Waals surface area contributed by atoms with E-state index >= 15 is 0 Å². The Morgan fingerprint density at radius 2 is 2.35 bits per heavy atom. The Bertz CT molecular complexity index is 523. The zero-order chi connectivity index (χ0) is 11.7. The molecule has 88 valence electrons. The first-order valence-corrected chi connectivity index (χ1v) is 5.63. The summed E-state index contributed by atoms with van der Waals surface area (Å²) >= 11 is 0. The first kappa shape index (κ1) is 10.3. The van der Waals surface area contributed by atoms with Crippen LogP contribution in [0.25, 0.3) is 0 Å². The van der Waals surface area contributed by atoms with Crippen LogP contribution in [0.15, 0.2) is 30.5 Å². The van der Waals surface area contributed by atoms with Gasteiger partial charge in [-0.3, -0.25) is 4.68 Å². The summed E-state index contributed by atoms with van der Waals surface area (Å²) in [5.74, 6) is 0.976. The first-order valence-electron chi connectivity index (χ1n) is 5.63. The van der Waals surface area contributed by atoms with E-state index in [9.17, 15) is 0 Å². The SMILES string of the molecule is Cn1cc(CNC2COc3ccccc32)nn1. The molecule has 3 rings (SSSR count). The van der Waals surface area contributed by atoms with Gasteiger partial charge in [-0.1, -0.05) is 23.4 Å². The number of hydrogen-bond acceptors (Lipinski definition) is 4. The monoisotopic (exact) mass is 230 g/mol. The molecule has 0 bridgehead atoms. The van der Waals surface area contributed by atoms with E-state index in [2.05, 4.69) is 21.7 Å². The van der Waals surface area contributed by atoms with E-state index in [1.54, 1.807) is 4.68 Å². The molecule has 2 heterocycles. The topological polar surface area (TPSA) is 52.0 Å². The van der Waals surface area contributed by atoms with Gasteiger partial charge in [-0.2, -0.15) is 0 Å². The Kier molecular flexibility index (Phi) is 2.53. The number of rotatable bonds is 3. The highest BCUT2D eigenvalue weighted by Crippen LogP contribution is 2.31. The second-order valence-electron chi connectivity index (χ2n) is 4.17. The summed E-state index contributed by atoms with van der Waals surface area (Å²) in [6, 6.07) is 8.36. The summed E-state index contributed by atoms with van der Waals surface area (Å²) in [6.07, 6.45) is 1.91. The van der Waals surface area contributed by atoms with E-state index in [1.165, 1.54) is 5.56 Å². The fraction of sp³-hybridized carbons (Fsp3) is 0.333. The van der Waals surface area contributed by atoms with E-state index in [0.29, 0.717) is 13.2 Å². The number of ether oxygens (including phenoxy) is 1. The van der Waals surface area contributed by atoms with E-state index in [0.717, 1.165) is 11.4 Å². The van der Waals surface area contributed by atoms with Crippen molar-refractivity contribution in [1.82, 2.24) is 20.3 Å². The molecule has 1 atom stereocenters. The maximum Gasteiger partial charge on any atom is 0.124 e. The quantitative estimate of drug-likeness (QED) is 0.856. The standard InChI is InChI=1S/C12H14N4O/c1-16-7-9(14-15-16)6-13-11-8-17-12-5-3-2-4-10(11)12/h2-5,7,11,13H,6,8H2,1H3. The van der Waals surface area contributed by atoms with Gasteiger partial charge in [-0.25, -0.2) is 0 Å². The predicted molar refractivity (Wildman–Crippen MR) is 62.5 cm³/mol. The van der Waals surface area contributed by atoms with E-state index in [4.69, 9.17) is 4.74 Å². The number of aromatic nitrogens is 3. The minimum absolute atomic E-state index is 0.244. The Morgan fingerprint density at radius 1 is 1.47 bits per heavy atom. The highest BCUT2D eigenvalue weighted by molar-refractivity contribution is 5.39. The minimum Gasteiger partial charge on any atom is -0.491 e. The van der Waals surface area contributed by atoms with Gasteiger partial charge < -0.3 is 10.1 Å². The van der Waals surface area contributed by atoms with Gasteiger partial charge in [0, 0.05) is 25.4 Å². The number of nitrogens with one attached hydrogen (secondary N) is 1. The lowest BCUT2D eigenvalue weighted by Crippen LogP contribution is -2.22. The van der Waals surface area contributed by atoms with Crippen LogP contribution >= 0.6 is 0 Å². The Labute approximate surface area is 99.4 Å². The molecule has 5 nitrogen and oxygen atoms in total. The van der Waals surface area contributed by atoms with Crippen molar-refractivity contribution in [3.8, 4) is 5.75 Å². The van der Waals surface area contributed by atoms with Gasteiger partial charge in [0.15, 0.2) is 0 Å². The van der Waals surface area contributed by atoms with Gasteiger partial charge in [0.2, 0.25) is 0 Å². The molecular formula is C12H14N4O. The van der Waals surface area contributed by atoms with Crippen molar-refractivity contribution in [2.24, 2.45) is 7.05 Å². The molecule has 0 amide bonds. The predicted octanol–water partition coefficient (Wildman–Crippen LogP) is 1.04. The molecule has 1 aromatic heterocycles. The number of para-hydroxylation sites is 1. The summed E-state index contributed by atoms with van der Waals surface area (Å²) in [5.41, 5.74) is 2.16. The van der Waals surface area contributed by atoms with Crippen LogP contribution in [0.1, 0.15) is 17.3 Å². The van der Waals surface area contributed by atoms with Crippen molar-refractivity contribution < 1.29 is 4.74 Å². The zero-order valence-corrected chi connectivity index (χ0v) is 9.63. The maximum atomic E-state index is 5.60. The molecular weight excluding hydrogens is 216 g/mol. The van der Waals surface area contributed by atoms with Gasteiger partial charge in [0.1, 0.15) is 12.4 Å². The van der Waals surface area contributed by atoms with Crippen LogP contribution in [-0.2, 0) is 13.6 Å². The average molecular weight is 230 g/mol. The average Bonchev–Trinajstić information content (AvgIpc) is 2.93. The number of aryl methyl sites for hydroxylation is 1. The third-order valence-corrected chi connectivity index (χ3v) is 2.88. The Morgan fingerprint density at radius 3 is 3.18 bits per heavy atom. The van der Waals surface area contributed by atoms with Crippen molar-refractivity contribution in [1.29, 1.82) is 0 Å². The third kappa shape index (κ3) is 2.01. The summed E-state index contributed by atoms with van der Waals surface area (Å²) in [5, 5.41) is 11.4. The molecule has 0 saturated heterocycles. The molecule has 0 aliphatic carbocycles. The molecule has 2 aromatic rings. The van der Waals surface area contributed by atoms with Gasteiger partial charge >= 0.3 is 0 Å². The van der Waals surface area contributed by atoms with Gasteiger partial charge in [-0.05, 0) is 6.07 Å². The second kappa shape index (κ2) is 4.18. The molecule has 1 aliphatic rings. The van der Waals surface area contributed by atoms with Crippen LogP contribution in [0.5, 0.6) is 5.75 Å². The van der Waals surface area contributed by atoms with Crippen LogP contribution in [0, 0.1) is 0 Å². The zero-order valence-electron chi connectivity index (χ0n) is 9.63.